The van der Waals surface area contributed by atoms with Crippen molar-refractivity contribution in [1.29, 1.82) is 0 Å². The zero-order valence-corrected chi connectivity index (χ0v) is 9.85. The van der Waals surface area contributed by atoms with Crippen molar-refractivity contribution in [3.8, 4) is 10.6 Å². The molecule has 9 heteroatoms. The van der Waals surface area contributed by atoms with Gasteiger partial charge in [-0.2, -0.15) is 0 Å². The molecule has 1 heterocycles. The molecule has 0 saturated heterocycles. The van der Waals surface area contributed by atoms with Crippen LogP contribution in [0.1, 0.15) is 5.01 Å². The lowest BCUT2D eigenvalue weighted by molar-refractivity contribution is 0.381. The molecule has 0 atom stereocenters. The molecule has 0 fully saturated rings. The number of hydrogen-bond acceptors (Lipinski definition) is 3. The van der Waals surface area contributed by atoms with Gasteiger partial charge in [0.2, 0.25) is 5.82 Å². The van der Waals surface area contributed by atoms with Crippen LogP contribution in [-0.2, 0) is 5.88 Å². The Morgan fingerprint density at radius 2 is 1.33 bits per heavy atom. The van der Waals surface area contributed by atoms with E-state index in [0.29, 0.717) is 11.3 Å². The van der Waals surface area contributed by atoms with Gasteiger partial charge in [0.15, 0.2) is 28.3 Å². The molecule has 0 saturated carbocycles. The molecule has 96 valence electrons. The van der Waals surface area contributed by atoms with E-state index < -0.39 is 39.7 Å². The maximum atomic E-state index is 13.4. The summed E-state index contributed by atoms with van der Waals surface area (Å²) >= 11 is 6.05. The van der Waals surface area contributed by atoms with Crippen LogP contribution in [-0.4, -0.2) is 10.2 Å². The Morgan fingerprint density at radius 3 is 1.78 bits per heavy atom. The summed E-state index contributed by atoms with van der Waals surface area (Å²) in [6.07, 6.45) is 0. The Kier molecular flexibility index (Phi) is 3.49. The maximum Gasteiger partial charge on any atom is 0.200 e. The second-order valence-corrected chi connectivity index (χ2v) is 4.41. The number of rotatable bonds is 2. The highest BCUT2D eigenvalue weighted by molar-refractivity contribution is 7.14. The van der Waals surface area contributed by atoms with Crippen molar-refractivity contribution in [2.24, 2.45) is 0 Å². The highest BCUT2D eigenvalue weighted by atomic mass is 35.5. The Bertz CT molecular complexity index is 586. The molecule has 2 aromatic rings. The highest BCUT2D eigenvalue weighted by Gasteiger charge is 2.28. The molecule has 0 radical (unpaired) electrons. The lowest BCUT2D eigenvalue weighted by Crippen LogP contribution is -2.03. The minimum absolute atomic E-state index is 0.0763. The number of benzene rings is 1. The van der Waals surface area contributed by atoms with Crippen molar-refractivity contribution in [1.82, 2.24) is 10.2 Å². The molecular weight excluding hydrogens is 299 g/mol. The van der Waals surface area contributed by atoms with Crippen LogP contribution in [0, 0.1) is 29.1 Å². The summed E-state index contributed by atoms with van der Waals surface area (Å²) in [6, 6.07) is 0. The first-order valence-electron chi connectivity index (χ1n) is 4.37. The lowest BCUT2D eigenvalue weighted by atomic mass is 10.2. The third-order valence-corrected chi connectivity index (χ3v) is 3.36. The fourth-order valence-corrected chi connectivity index (χ4v) is 2.14. The van der Waals surface area contributed by atoms with Crippen LogP contribution in [0.4, 0.5) is 22.0 Å². The predicted molar refractivity (Wildman–Crippen MR) is 54.7 cm³/mol. The van der Waals surface area contributed by atoms with Crippen LogP contribution >= 0.6 is 22.9 Å². The Morgan fingerprint density at radius 1 is 0.833 bits per heavy atom. The first-order chi connectivity index (χ1) is 8.47. The van der Waals surface area contributed by atoms with Crippen molar-refractivity contribution < 1.29 is 22.0 Å². The molecule has 0 spiro atoms. The SMILES string of the molecule is Fc1c(F)c(F)c(-c2nnc(CCl)s2)c(F)c1F. The molecular formula is C9H2ClF5N2S. The lowest BCUT2D eigenvalue weighted by Gasteiger charge is -2.04. The average Bonchev–Trinajstić information content (AvgIpc) is 2.83. The second kappa shape index (κ2) is 4.77. The minimum Gasteiger partial charge on any atom is -0.203 e. The molecule has 1 aromatic heterocycles. The molecule has 2 rings (SSSR count). The minimum atomic E-state index is -2.21. The zero-order valence-electron chi connectivity index (χ0n) is 8.28. The van der Waals surface area contributed by atoms with Crippen molar-refractivity contribution in [3.05, 3.63) is 34.1 Å². The second-order valence-electron chi connectivity index (χ2n) is 3.08. The normalized spacial score (nSPS) is 11.0. The van der Waals surface area contributed by atoms with E-state index in [1.807, 2.05) is 0 Å². The van der Waals surface area contributed by atoms with Gasteiger partial charge in [0.1, 0.15) is 5.01 Å². The van der Waals surface area contributed by atoms with E-state index in [4.69, 9.17) is 11.6 Å². The highest BCUT2D eigenvalue weighted by Crippen LogP contribution is 2.33. The topological polar surface area (TPSA) is 25.8 Å². The molecule has 18 heavy (non-hydrogen) atoms. The van der Waals surface area contributed by atoms with Gasteiger partial charge in [-0.1, -0.05) is 11.3 Å². The third-order valence-electron chi connectivity index (χ3n) is 2.00. The standard InChI is InChI=1S/C9H2ClF5N2S/c10-1-2-16-17-9(18-2)3-4(11)6(13)8(15)7(14)5(3)12/h1H2. The maximum absolute atomic E-state index is 13.4. The molecule has 1 aromatic carbocycles. The zero-order chi connectivity index (χ0) is 13.4. The quantitative estimate of drug-likeness (QED) is 0.366. The van der Waals surface area contributed by atoms with E-state index in [1.165, 1.54) is 0 Å². The van der Waals surface area contributed by atoms with Crippen LogP contribution in [0.3, 0.4) is 0 Å². The number of aromatic nitrogens is 2. The Hall–Kier alpha value is -1.28. The average molecular weight is 301 g/mol. The summed E-state index contributed by atoms with van der Waals surface area (Å²) in [6.45, 7) is 0. The molecule has 2 nitrogen and oxygen atoms in total. The van der Waals surface area contributed by atoms with Gasteiger partial charge < -0.3 is 0 Å². The van der Waals surface area contributed by atoms with Crippen LogP contribution in [0.2, 0.25) is 0 Å². The number of nitrogens with zero attached hydrogens (tertiary/aromatic N) is 2. The van der Waals surface area contributed by atoms with Gasteiger partial charge >= 0.3 is 0 Å². The molecule has 0 unspecified atom stereocenters. The summed E-state index contributed by atoms with van der Waals surface area (Å²) in [5.74, 6) is -10.2. The first kappa shape index (κ1) is 13.2. The van der Waals surface area contributed by atoms with E-state index in [9.17, 15) is 22.0 Å². The van der Waals surface area contributed by atoms with Crippen LogP contribution in [0.25, 0.3) is 10.6 Å². The van der Waals surface area contributed by atoms with E-state index >= 15 is 0 Å². The molecule has 0 amide bonds. The van der Waals surface area contributed by atoms with Gasteiger partial charge in [-0.3, -0.25) is 0 Å². The fraction of sp³-hybridized carbons (Fsp3) is 0.111. The number of alkyl halides is 1. The summed E-state index contributed by atoms with van der Waals surface area (Å²) < 4.78 is 65.5. The number of hydrogen-bond donors (Lipinski definition) is 0. The van der Waals surface area contributed by atoms with Gasteiger partial charge in [-0.05, 0) is 0 Å². The van der Waals surface area contributed by atoms with Crippen molar-refractivity contribution in [2.45, 2.75) is 5.88 Å². The monoisotopic (exact) mass is 300 g/mol. The van der Waals surface area contributed by atoms with Crippen molar-refractivity contribution in [2.75, 3.05) is 0 Å². The van der Waals surface area contributed by atoms with E-state index in [0.717, 1.165) is 0 Å². The van der Waals surface area contributed by atoms with Crippen LogP contribution < -0.4 is 0 Å². The van der Waals surface area contributed by atoms with Gasteiger partial charge in [0.05, 0.1) is 11.4 Å². The van der Waals surface area contributed by atoms with Crippen molar-refractivity contribution in [3.63, 3.8) is 0 Å². The molecule has 0 aliphatic heterocycles. The summed E-state index contributed by atoms with van der Waals surface area (Å²) in [5.41, 5.74) is -1.10. The van der Waals surface area contributed by atoms with Gasteiger partial charge in [0.25, 0.3) is 0 Å². The molecule has 0 N–H and O–H groups in total. The van der Waals surface area contributed by atoms with Crippen molar-refractivity contribution >= 4 is 22.9 Å². The van der Waals surface area contributed by atoms with Crippen LogP contribution in [0.15, 0.2) is 0 Å². The van der Waals surface area contributed by atoms with E-state index in [2.05, 4.69) is 10.2 Å². The smallest absolute Gasteiger partial charge is 0.200 e. The molecule has 0 aliphatic carbocycles. The van der Waals surface area contributed by atoms with Gasteiger partial charge in [0, 0.05) is 0 Å². The first-order valence-corrected chi connectivity index (χ1v) is 5.72. The van der Waals surface area contributed by atoms with Crippen LogP contribution in [0.5, 0.6) is 0 Å². The third kappa shape index (κ3) is 1.95. The van der Waals surface area contributed by atoms with Gasteiger partial charge in [-0.15, -0.1) is 21.8 Å². The van der Waals surface area contributed by atoms with E-state index in [1.54, 1.807) is 0 Å². The number of halogens is 6. The van der Waals surface area contributed by atoms with Gasteiger partial charge in [-0.25, -0.2) is 22.0 Å². The predicted octanol–water partition coefficient (Wildman–Crippen LogP) is 3.64. The van der Waals surface area contributed by atoms with E-state index in [-0.39, 0.29) is 10.9 Å². The fourth-order valence-electron chi connectivity index (χ4n) is 1.20. The summed E-state index contributed by atoms with van der Waals surface area (Å²) in [5, 5.41) is 6.56. The summed E-state index contributed by atoms with van der Waals surface area (Å²) in [7, 11) is 0. The largest absolute Gasteiger partial charge is 0.203 e. The Labute approximate surface area is 106 Å². The Balaban J connectivity index is 2.71. The summed E-state index contributed by atoms with van der Waals surface area (Å²) in [4.78, 5) is 0. The molecule has 0 aliphatic rings. The molecule has 0 bridgehead atoms.